The van der Waals surface area contributed by atoms with E-state index >= 15 is 0 Å². The van der Waals surface area contributed by atoms with Gasteiger partial charge in [0.15, 0.2) is 5.69 Å². The van der Waals surface area contributed by atoms with Crippen LogP contribution in [0.1, 0.15) is 44.6 Å². The highest BCUT2D eigenvalue weighted by molar-refractivity contribution is 6.05. The second-order valence-electron chi connectivity index (χ2n) is 6.79. The highest BCUT2D eigenvalue weighted by Gasteiger charge is 2.24. The van der Waals surface area contributed by atoms with Crippen molar-refractivity contribution in [1.82, 2.24) is 25.9 Å². The zero-order valence-corrected chi connectivity index (χ0v) is 16.4. The van der Waals surface area contributed by atoms with Gasteiger partial charge in [-0.2, -0.15) is 5.10 Å². The molecule has 9 heteroatoms. The Balaban J connectivity index is 2.28. The van der Waals surface area contributed by atoms with Crippen molar-refractivity contribution >= 4 is 28.5 Å². The number of rotatable bonds is 6. The maximum Gasteiger partial charge on any atom is 0.290 e. The number of amides is 3. The molecule has 0 radical (unpaired) electrons. The van der Waals surface area contributed by atoms with Crippen LogP contribution in [0.25, 0.3) is 10.8 Å². The van der Waals surface area contributed by atoms with Gasteiger partial charge >= 0.3 is 0 Å². The molecule has 0 aliphatic rings. The number of hydrogen-bond donors (Lipinski definition) is 3. The first-order valence-electron chi connectivity index (χ1n) is 9.13. The lowest BCUT2D eigenvalue weighted by Crippen LogP contribution is -2.54. The molecule has 1 atom stereocenters. The fourth-order valence-electron chi connectivity index (χ4n) is 2.78. The zero-order valence-electron chi connectivity index (χ0n) is 16.4. The molecule has 0 aliphatic carbocycles. The van der Waals surface area contributed by atoms with Crippen LogP contribution >= 0.6 is 0 Å². The van der Waals surface area contributed by atoms with E-state index in [2.05, 4.69) is 21.3 Å². The number of carbonyl (C=O) groups is 3. The minimum atomic E-state index is -0.795. The third kappa shape index (κ3) is 4.73. The van der Waals surface area contributed by atoms with E-state index in [9.17, 15) is 19.2 Å². The van der Waals surface area contributed by atoms with E-state index in [-0.39, 0.29) is 23.1 Å². The van der Waals surface area contributed by atoms with Crippen molar-refractivity contribution in [3.8, 4) is 0 Å². The van der Waals surface area contributed by atoms with Crippen LogP contribution in [0.4, 0.5) is 0 Å². The molecule has 2 aromatic rings. The van der Waals surface area contributed by atoms with Gasteiger partial charge < -0.3 is 5.32 Å². The minimum Gasteiger partial charge on any atom is -0.344 e. The number of benzene rings is 1. The van der Waals surface area contributed by atoms with Crippen molar-refractivity contribution < 1.29 is 14.4 Å². The van der Waals surface area contributed by atoms with Gasteiger partial charge in [0, 0.05) is 18.9 Å². The summed E-state index contributed by atoms with van der Waals surface area (Å²) in [6, 6.07) is 5.88. The highest BCUT2D eigenvalue weighted by Crippen LogP contribution is 2.13. The minimum absolute atomic E-state index is 0.0320. The normalized spacial score (nSPS) is 11.9. The number of nitrogens with one attached hydrogen (secondary N) is 3. The summed E-state index contributed by atoms with van der Waals surface area (Å²) in [5.41, 5.74) is 4.40. The van der Waals surface area contributed by atoms with Crippen LogP contribution in [0.2, 0.25) is 0 Å². The van der Waals surface area contributed by atoms with Crippen LogP contribution in [0.5, 0.6) is 0 Å². The van der Waals surface area contributed by atoms with E-state index < -0.39 is 17.9 Å². The van der Waals surface area contributed by atoms with E-state index in [1.165, 1.54) is 11.6 Å². The molecule has 150 valence electrons. The van der Waals surface area contributed by atoms with Gasteiger partial charge in [-0.15, -0.1) is 0 Å². The standard InChI is InChI=1S/C19H25N5O4/c1-5-10-24-19(28)14-9-7-6-8-13(14)16(23-24)18(27)22-21-17(26)15(11(2)3)20-12(4)25/h6-9,11,15H,5,10H2,1-4H3,(H,20,25)(H,21,26)(H,22,27)/t15-/m1/s1. The van der Waals surface area contributed by atoms with Gasteiger partial charge in [-0.3, -0.25) is 30.0 Å². The Kier molecular flexibility index (Phi) is 6.86. The van der Waals surface area contributed by atoms with Crippen molar-refractivity contribution in [2.24, 2.45) is 5.92 Å². The molecule has 9 nitrogen and oxygen atoms in total. The smallest absolute Gasteiger partial charge is 0.290 e. The summed E-state index contributed by atoms with van der Waals surface area (Å²) in [6.45, 7) is 7.13. The van der Waals surface area contributed by atoms with E-state index in [0.717, 1.165) is 0 Å². The first kappa shape index (κ1) is 21.1. The molecule has 2 rings (SSSR count). The first-order chi connectivity index (χ1) is 13.3. The molecule has 1 heterocycles. The first-order valence-corrected chi connectivity index (χ1v) is 9.13. The molecule has 0 spiro atoms. The van der Waals surface area contributed by atoms with Gasteiger partial charge in [0.05, 0.1) is 5.39 Å². The summed E-state index contributed by atoms with van der Waals surface area (Å²) in [7, 11) is 0. The Labute approximate surface area is 162 Å². The van der Waals surface area contributed by atoms with Crippen molar-refractivity contribution in [2.75, 3.05) is 0 Å². The van der Waals surface area contributed by atoms with Crippen molar-refractivity contribution in [1.29, 1.82) is 0 Å². The lowest BCUT2D eigenvalue weighted by molar-refractivity contribution is -0.129. The molecular formula is C19H25N5O4. The van der Waals surface area contributed by atoms with Gasteiger partial charge in [0.1, 0.15) is 6.04 Å². The van der Waals surface area contributed by atoms with Crippen LogP contribution in [0, 0.1) is 5.92 Å². The van der Waals surface area contributed by atoms with Gasteiger partial charge in [-0.1, -0.05) is 39.0 Å². The quantitative estimate of drug-likeness (QED) is 0.631. The number of hydrogen-bond acceptors (Lipinski definition) is 5. The average molecular weight is 387 g/mol. The number of aryl methyl sites for hydroxylation is 1. The number of carbonyl (C=O) groups excluding carboxylic acids is 3. The van der Waals surface area contributed by atoms with Crippen LogP contribution in [-0.2, 0) is 16.1 Å². The van der Waals surface area contributed by atoms with Crippen LogP contribution in [0.15, 0.2) is 29.1 Å². The Hall–Kier alpha value is -3.23. The van der Waals surface area contributed by atoms with E-state index in [4.69, 9.17) is 0 Å². The Morgan fingerprint density at radius 3 is 2.32 bits per heavy atom. The molecule has 0 fully saturated rings. The zero-order chi connectivity index (χ0) is 20.8. The number of nitrogens with zero attached hydrogens (tertiary/aromatic N) is 2. The highest BCUT2D eigenvalue weighted by atomic mass is 16.2. The molecule has 3 N–H and O–H groups in total. The molecule has 28 heavy (non-hydrogen) atoms. The maximum atomic E-state index is 12.7. The molecule has 0 saturated heterocycles. The van der Waals surface area contributed by atoms with E-state index in [1.807, 2.05) is 6.92 Å². The molecule has 1 aromatic heterocycles. The Morgan fingerprint density at radius 2 is 1.75 bits per heavy atom. The lowest BCUT2D eigenvalue weighted by Gasteiger charge is -2.21. The van der Waals surface area contributed by atoms with Crippen molar-refractivity contribution in [3.05, 3.63) is 40.3 Å². The Morgan fingerprint density at radius 1 is 1.11 bits per heavy atom. The third-order valence-corrected chi connectivity index (χ3v) is 4.13. The molecule has 1 aromatic carbocycles. The number of fused-ring (bicyclic) bond motifs is 1. The molecular weight excluding hydrogens is 362 g/mol. The van der Waals surface area contributed by atoms with Crippen LogP contribution in [-0.4, -0.2) is 33.5 Å². The monoisotopic (exact) mass is 387 g/mol. The van der Waals surface area contributed by atoms with Gasteiger partial charge in [0.2, 0.25) is 5.91 Å². The predicted octanol–water partition coefficient (Wildman–Crippen LogP) is 0.728. The summed E-state index contributed by atoms with van der Waals surface area (Å²) in [5.74, 6) is -1.73. The molecule has 3 amide bonds. The maximum absolute atomic E-state index is 12.7. The summed E-state index contributed by atoms with van der Waals surface area (Å²) in [6.07, 6.45) is 0.676. The third-order valence-electron chi connectivity index (χ3n) is 4.13. The molecule has 0 aliphatic heterocycles. The molecule has 0 unspecified atom stereocenters. The van der Waals surface area contributed by atoms with Gasteiger partial charge in [-0.25, -0.2) is 4.68 Å². The average Bonchev–Trinajstić information content (AvgIpc) is 2.66. The van der Waals surface area contributed by atoms with Gasteiger partial charge in [-0.05, 0) is 18.4 Å². The molecule has 0 bridgehead atoms. The predicted molar refractivity (Wildman–Crippen MR) is 104 cm³/mol. The fourth-order valence-corrected chi connectivity index (χ4v) is 2.78. The lowest BCUT2D eigenvalue weighted by atomic mass is 10.0. The molecule has 0 saturated carbocycles. The second-order valence-corrected chi connectivity index (χ2v) is 6.79. The summed E-state index contributed by atoms with van der Waals surface area (Å²) >= 11 is 0. The van der Waals surface area contributed by atoms with Crippen molar-refractivity contribution in [2.45, 2.75) is 46.7 Å². The van der Waals surface area contributed by atoms with E-state index in [0.29, 0.717) is 23.7 Å². The number of aromatic nitrogens is 2. The summed E-state index contributed by atoms with van der Waals surface area (Å²) in [5, 5.41) is 7.48. The fraction of sp³-hybridized carbons (Fsp3) is 0.421. The van der Waals surface area contributed by atoms with Crippen LogP contribution in [0.3, 0.4) is 0 Å². The SMILES string of the molecule is CCCn1nc(C(=O)NNC(=O)[C@H](NC(C)=O)C(C)C)c2ccccc2c1=O. The summed E-state index contributed by atoms with van der Waals surface area (Å²) in [4.78, 5) is 48.7. The Bertz CT molecular complexity index is 951. The summed E-state index contributed by atoms with van der Waals surface area (Å²) < 4.78 is 1.24. The van der Waals surface area contributed by atoms with Crippen LogP contribution < -0.4 is 21.7 Å². The topological polar surface area (TPSA) is 122 Å². The largest absolute Gasteiger partial charge is 0.344 e. The van der Waals surface area contributed by atoms with E-state index in [1.54, 1.807) is 38.1 Å². The number of hydrazine groups is 1. The van der Waals surface area contributed by atoms with Gasteiger partial charge in [0.25, 0.3) is 17.4 Å². The second kappa shape index (κ2) is 9.12. The van der Waals surface area contributed by atoms with Crippen molar-refractivity contribution in [3.63, 3.8) is 0 Å².